The summed E-state index contributed by atoms with van der Waals surface area (Å²) < 4.78 is 13.4. The van der Waals surface area contributed by atoms with Crippen LogP contribution in [-0.2, 0) is 0 Å². The Morgan fingerprint density at radius 2 is 2.25 bits per heavy atom. The third-order valence-corrected chi connectivity index (χ3v) is 2.64. The van der Waals surface area contributed by atoms with Crippen LogP contribution in [0.1, 0.15) is 17.3 Å². The van der Waals surface area contributed by atoms with Gasteiger partial charge in [0.15, 0.2) is 0 Å². The Balaban J connectivity index is 2.96. The second-order valence-corrected chi connectivity index (χ2v) is 4.01. The van der Waals surface area contributed by atoms with E-state index in [0.717, 1.165) is 6.07 Å². The summed E-state index contributed by atoms with van der Waals surface area (Å²) in [6.07, 6.45) is 0. The minimum absolute atomic E-state index is 0.0489. The van der Waals surface area contributed by atoms with Crippen LogP contribution in [0.3, 0.4) is 0 Å². The van der Waals surface area contributed by atoms with Crippen molar-refractivity contribution in [3.8, 4) is 0 Å². The number of rotatable bonds is 3. The van der Waals surface area contributed by atoms with Gasteiger partial charge in [-0.1, -0.05) is 11.6 Å². The normalized spacial score (nSPS) is 12.3. The van der Waals surface area contributed by atoms with Crippen LogP contribution in [0.25, 0.3) is 0 Å². The number of amides is 1. The summed E-state index contributed by atoms with van der Waals surface area (Å²) in [5.74, 6) is -1.13. The van der Waals surface area contributed by atoms with Gasteiger partial charge in [-0.25, -0.2) is 4.39 Å². The van der Waals surface area contributed by atoms with Crippen molar-refractivity contribution in [2.75, 3.05) is 13.7 Å². The Bertz CT molecular complexity index is 398. The number of carbonyl (C=O) groups is 1. The number of carbonyl (C=O) groups excluding carboxylic acids is 1. The van der Waals surface area contributed by atoms with Crippen molar-refractivity contribution >= 4 is 17.5 Å². The zero-order valence-electron chi connectivity index (χ0n) is 9.08. The monoisotopic (exact) mass is 245 g/mol. The Morgan fingerprint density at radius 3 is 2.75 bits per heavy atom. The van der Waals surface area contributed by atoms with Gasteiger partial charge in [0, 0.05) is 12.1 Å². The third-order valence-electron chi connectivity index (χ3n) is 2.41. The molecule has 1 unspecified atom stereocenters. The summed E-state index contributed by atoms with van der Waals surface area (Å²) in [5.41, 5.74) is -0.0489. The first-order chi connectivity index (χ1) is 7.47. The molecule has 0 aliphatic heterocycles. The van der Waals surface area contributed by atoms with Crippen LogP contribution in [-0.4, -0.2) is 35.6 Å². The number of likely N-dealkylation sites (N-methyl/N-ethyl adjacent to an activating group) is 1. The molecule has 3 nitrogen and oxygen atoms in total. The molecule has 1 atom stereocenters. The van der Waals surface area contributed by atoms with E-state index in [9.17, 15) is 9.18 Å². The van der Waals surface area contributed by atoms with E-state index in [1.54, 1.807) is 6.92 Å². The molecule has 0 heterocycles. The molecular weight excluding hydrogens is 233 g/mol. The lowest BCUT2D eigenvalue weighted by Gasteiger charge is -2.23. The fourth-order valence-corrected chi connectivity index (χ4v) is 1.33. The molecule has 16 heavy (non-hydrogen) atoms. The Labute approximate surface area is 98.4 Å². The molecular formula is C11H13ClFNO2. The first-order valence-electron chi connectivity index (χ1n) is 4.80. The van der Waals surface area contributed by atoms with E-state index in [4.69, 9.17) is 16.7 Å². The minimum atomic E-state index is -0.658. The van der Waals surface area contributed by atoms with Crippen LogP contribution < -0.4 is 0 Å². The van der Waals surface area contributed by atoms with E-state index in [0.29, 0.717) is 0 Å². The van der Waals surface area contributed by atoms with Gasteiger partial charge < -0.3 is 10.0 Å². The summed E-state index contributed by atoms with van der Waals surface area (Å²) in [6.45, 7) is 1.50. The van der Waals surface area contributed by atoms with Crippen molar-refractivity contribution in [2.24, 2.45) is 0 Å². The second kappa shape index (κ2) is 5.27. The number of halogens is 2. The van der Waals surface area contributed by atoms with Gasteiger partial charge in [0.25, 0.3) is 5.91 Å². The van der Waals surface area contributed by atoms with Gasteiger partial charge in [0.1, 0.15) is 5.82 Å². The van der Waals surface area contributed by atoms with Gasteiger partial charge in [-0.3, -0.25) is 4.79 Å². The minimum Gasteiger partial charge on any atom is -0.394 e. The van der Waals surface area contributed by atoms with E-state index < -0.39 is 11.7 Å². The first-order valence-corrected chi connectivity index (χ1v) is 5.18. The predicted octanol–water partition coefficient (Wildman–Crippen LogP) is 1.93. The first kappa shape index (κ1) is 12.9. The molecule has 0 radical (unpaired) electrons. The van der Waals surface area contributed by atoms with Crippen molar-refractivity contribution < 1.29 is 14.3 Å². The molecule has 0 saturated heterocycles. The Hall–Kier alpha value is -1.13. The molecule has 1 N–H and O–H groups in total. The van der Waals surface area contributed by atoms with Crippen molar-refractivity contribution in [2.45, 2.75) is 13.0 Å². The SMILES string of the molecule is CC(CO)N(C)C(=O)c1ccc(Cl)cc1F. The quantitative estimate of drug-likeness (QED) is 0.884. The lowest BCUT2D eigenvalue weighted by molar-refractivity contribution is 0.0677. The summed E-state index contributed by atoms with van der Waals surface area (Å²) in [5, 5.41) is 9.15. The predicted molar refractivity (Wildman–Crippen MR) is 60.1 cm³/mol. The molecule has 5 heteroatoms. The molecule has 1 rings (SSSR count). The average molecular weight is 246 g/mol. The average Bonchev–Trinajstić information content (AvgIpc) is 2.26. The topological polar surface area (TPSA) is 40.5 Å². The van der Waals surface area contributed by atoms with E-state index in [1.807, 2.05) is 0 Å². The Kier molecular flexibility index (Phi) is 4.26. The highest BCUT2D eigenvalue weighted by atomic mass is 35.5. The van der Waals surface area contributed by atoms with E-state index in [2.05, 4.69) is 0 Å². The van der Waals surface area contributed by atoms with Crippen LogP contribution in [0, 0.1) is 5.82 Å². The van der Waals surface area contributed by atoms with Crippen molar-refractivity contribution in [1.29, 1.82) is 0 Å². The highest BCUT2D eigenvalue weighted by molar-refractivity contribution is 6.30. The van der Waals surface area contributed by atoms with Crippen molar-refractivity contribution in [3.63, 3.8) is 0 Å². The third kappa shape index (κ3) is 2.71. The van der Waals surface area contributed by atoms with Crippen molar-refractivity contribution in [1.82, 2.24) is 4.90 Å². The maximum atomic E-state index is 13.4. The van der Waals surface area contributed by atoms with Crippen LogP contribution in [0.5, 0.6) is 0 Å². The number of hydrogen-bond donors (Lipinski definition) is 1. The molecule has 1 aromatic carbocycles. The molecule has 88 valence electrons. The number of nitrogens with zero attached hydrogens (tertiary/aromatic N) is 1. The Morgan fingerprint density at radius 1 is 1.62 bits per heavy atom. The molecule has 0 aliphatic rings. The molecule has 1 amide bonds. The number of benzene rings is 1. The molecule has 0 fully saturated rings. The highest BCUT2D eigenvalue weighted by Gasteiger charge is 2.19. The number of aliphatic hydroxyl groups is 1. The van der Waals surface area contributed by atoms with E-state index in [1.165, 1.54) is 24.1 Å². The molecule has 0 spiro atoms. The maximum Gasteiger partial charge on any atom is 0.256 e. The molecule has 1 aromatic rings. The molecule has 0 bridgehead atoms. The van der Waals surface area contributed by atoms with Gasteiger partial charge >= 0.3 is 0 Å². The molecule has 0 aromatic heterocycles. The molecule has 0 saturated carbocycles. The summed E-state index contributed by atoms with van der Waals surface area (Å²) >= 11 is 5.59. The van der Waals surface area contributed by atoms with Gasteiger partial charge in [-0.2, -0.15) is 0 Å². The van der Waals surface area contributed by atoms with Crippen molar-refractivity contribution in [3.05, 3.63) is 34.6 Å². The largest absolute Gasteiger partial charge is 0.394 e. The van der Waals surface area contributed by atoms with Crippen LogP contribution in [0.2, 0.25) is 5.02 Å². The van der Waals surface area contributed by atoms with Crippen LogP contribution in [0.4, 0.5) is 4.39 Å². The van der Waals surface area contributed by atoms with Gasteiger partial charge in [0.2, 0.25) is 0 Å². The van der Waals surface area contributed by atoms with E-state index in [-0.39, 0.29) is 23.2 Å². The zero-order valence-corrected chi connectivity index (χ0v) is 9.83. The fraction of sp³-hybridized carbons (Fsp3) is 0.364. The summed E-state index contributed by atoms with van der Waals surface area (Å²) in [4.78, 5) is 13.1. The maximum absolute atomic E-state index is 13.4. The van der Waals surface area contributed by atoms with Gasteiger partial charge in [0.05, 0.1) is 18.2 Å². The van der Waals surface area contributed by atoms with Crippen LogP contribution >= 0.6 is 11.6 Å². The second-order valence-electron chi connectivity index (χ2n) is 3.57. The fourth-order valence-electron chi connectivity index (χ4n) is 1.18. The number of aliphatic hydroxyl groups excluding tert-OH is 1. The zero-order chi connectivity index (χ0) is 12.3. The lowest BCUT2D eigenvalue weighted by atomic mass is 10.1. The van der Waals surface area contributed by atoms with E-state index >= 15 is 0 Å². The van der Waals surface area contributed by atoms with Crippen LogP contribution in [0.15, 0.2) is 18.2 Å². The standard InChI is InChI=1S/C11H13ClFNO2/c1-7(6-15)14(2)11(16)9-4-3-8(12)5-10(9)13/h3-5,7,15H,6H2,1-2H3. The number of hydrogen-bond acceptors (Lipinski definition) is 2. The van der Waals surface area contributed by atoms with Gasteiger partial charge in [-0.15, -0.1) is 0 Å². The summed E-state index contributed by atoms with van der Waals surface area (Å²) in [7, 11) is 1.51. The smallest absolute Gasteiger partial charge is 0.256 e. The lowest BCUT2D eigenvalue weighted by Crippen LogP contribution is -2.37. The summed E-state index contributed by atoms with van der Waals surface area (Å²) in [6, 6.07) is 3.52. The highest BCUT2D eigenvalue weighted by Crippen LogP contribution is 2.16. The van der Waals surface area contributed by atoms with Gasteiger partial charge in [-0.05, 0) is 25.1 Å². The molecule has 0 aliphatic carbocycles.